The summed E-state index contributed by atoms with van der Waals surface area (Å²) in [4.78, 5) is 16.9. The van der Waals surface area contributed by atoms with Gasteiger partial charge in [0.1, 0.15) is 0 Å². The number of carboxylic acids is 1. The lowest BCUT2D eigenvalue weighted by molar-refractivity contribution is -0.137. The third kappa shape index (κ3) is 4.33. The molecule has 0 radical (unpaired) electrons. The lowest BCUT2D eigenvalue weighted by Crippen LogP contribution is -2.32. The first-order chi connectivity index (χ1) is 8.54. The summed E-state index contributed by atoms with van der Waals surface area (Å²) in [7, 11) is 1.59. The maximum Gasteiger partial charge on any atom is 0.304 e. The molecule has 0 spiro atoms. The Morgan fingerprint density at radius 2 is 2.28 bits per heavy atom. The fraction of sp³-hybridized carbons (Fsp3) is 0.538. The molecule has 1 aromatic rings. The van der Waals surface area contributed by atoms with Crippen LogP contribution in [0.5, 0.6) is 5.88 Å². The van der Waals surface area contributed by atoms with E-state index in [2.05, 4.69) is 9.88 Å². The molecule has 0 aromatic carbocycles. The zero-order chi connectivity index (χ0) is 13.5. The van der Waals surface area contributed by atoms with Crippen molar-refractivity contribution < 1.29 is 14.6 Å². The van der Waals surface area contributed by atoms with Gasteiger partial charge in [-0.1, -0.05) is 6.07 Å². The second-order valence-electron chi connectivity index (χ2n) is 4.38. The van der Waals surface area contributed by atoms with Crippen LogP contribution in [-0.2, 0) is 11.3 Å². The summed E-state index contributed by atoms with van der Waals surface area (Å²) >= 11 is 0. The van der Waals surface area contributed by atoms with Gasteiger partial charge in [-0.3, -0.25) is 9.69 Å². The lowest BCUT2D eigenvalue weighted by atomic mass is 10.2. The SMILES string of the molecule is COc1ncccc1CN(CCC(=O)O)C(C)C. The predicted octanol–water partition coefficient (Wildman–Crippen LogP) is 1.78. The smallest absolute Gasteiger partial charge is 0.304 e. The number of hydrogen-bond donors (Lipinski definition) is 1. The summed E-state index contributed by atoms with van der Waals surface area (Å²) in [5, 5.41) is 8.75. The van der Waals surface area contributed by atoms with Gasteiger partial charge in [-0.05, 0) is 19.9 Å². The zero-order valence-electron chi connectivity index (χ0n) is 11.1. The summed E-state index contributed by atoms with van der Waals surface area (Å²) in [5.41, 5.74) is 0.971. The van der Waals surface area contributed by atoms with E-state index < -0.39 is 5.97 Å². The van der Waals surface area contributed by atoms with Crippen LogP contribution >= 0.6 is 0 Å². The highest BCUT2D eigenvalue weighted by Gasteiger charge is 2.14. The number of carbonyl (C=O) groups is 1. The van der Waals surface area contributed by atoms with Crippen molar-refractivity contribution in [3.63, 3.8) is 0 Å². The number of methoxy groups -OCH3 is 1. The Kier molecular flexibility index (Phi) is 5.58. The molecule has 0 bridgehead atoms. The van der Waals surface area contributed by atoms with E-state index in [9.17, 15) is 4.79 Å². The van der Waals surface area contributed by atoms with Gasteiger partial charge in [0, 0.05) is 30.9 Å². The van der Waals surface area contributed by atoms with E-state index in [1.165, 1.54) is 0 Å². The number of rotatable bonds is 7. The lowest BCUT2D eigenvalue weighted by Gasteiger charge is -2.26. The number of ether oxygens (including phenoxy) is 1. The molecule has 0 atom stereocenters. The molecule has 1 aromatic heterocycles. The van der Waals surface area contributed by atoms with Crippen LogP contribution in [0.2, 0.25) is 0 Å². The molecule has 5 nitrogen and oxygen atoms in total. The van der Waals surface area contributed by atoms with Crippen molar-refractivity contribution in [2.24, 2.45) is 0 Å². The summed E-state index contributed by atoms with van der Waals surface area (Å²) in [6.07, 6.45) is 1.82. The van der Waals surface area contributed by atoms with Crippen molar-refractivity contribution in [3.8, 4) is 5.88 Å². The number of carboxylic acid groups (broad SMARTS) is 1. The zero-order valence-corrected chi connectivity index (χ0v) is 11.1. The Hall–Kier alpha value is -1.62. The number of nitrogens with zero attached hydrogens (tertiary/aromatic N) is 2. The quantitative estimate of drug-likeness (QED) is 0.801. The molecule has 1 rings (SSSR count). The molecule has 0 aliphatic heterocycles. The van der Waals surface area contributed by atoms with Crippen LogP contribution in [0.1, 0.15) is 25.8 Å². The Morgan fingerprint density at radius 3 is 2.83 bits per heavy atom. The van der Waals surface area contributed by atoms with Gasteiger partial charge in [0.2, 0.25) is 5.88 Å². The Labute approximate surface area is 107 Å². The first-order valence-electron chi connectivity index (χ1n) is 5.98. The standard InChI is InChI=1S/C13H20N2O3/c1-10(2)15(8-6-12(16)17)9-11-5-4-7-14-13(11)18-3/h4-5,7,10H,6,8-9H2,1-3H3,(H,16,17). The molecule has 100 valence electrons. The topological polar surface area (TPSA) is 62.7 Å². The molecule has 5 heteroatoms. The molecular weight excluding hydrogens is 232 g/mol. The molecule has 0 aliphatic rings. The van der Waals surface area contributed by atoms with Gasteiger partial charge in [-0.25, -0.2) is 4.98 Å². The van der Waals surface area contributed by atoms with Crippen LogP contribution < -0.4 is 4.74 Å². The highest BCUT2D eigenvalue weighted by atomic mass is 16.5. The first-order valence-corrected chi connectivity index (χ1v) is 5.98. The second kappa shape index (κ2) is 6.96. The number of aromatic nitrogens is 1. The number of hydrogen-bond acceptors (Lipinski definition) is 4. The molecule has 0 amide bonds. The minimum atomic E-state index is -0.779. The van der Waals surface area contributed by atoms with Gasteiger partial charge < -0.3 is 9.84 Å². The molecule has 0 saturated heterocycles. The van der Waals surface area contributed by atoms with Gasteiger partial charge in [0.05, 0.1) is 13.5 Å². The predicted molar refractivity (Wildman–Crippen MR) is 68.6 cm³/mol. The Bertz CT molecular complexity index is 394. The molecular formula is C13H20N2O3. The Morgan fingerprint density at radius 1 is 1.56 bits per heavy atom. The fourth-order valence-corrected chi connectivity index (χ4v) is 1.71. The van der Waals surface area contributed by atoms with Crippen LogP contribution in [0.3, 0.4) is 0 Å². The van der Waals surface area contributed by atoms with Crippen molar-refractivity contribution in [1.29, 1.82) is 0 Å². The largest absolute Gasteiger partial charge is 0.481 e. The molecule has 1 heterocycles. The molecule has 1 N–H and O–H groups in total. The minimum absolute atomic E-state index is 0.140. The van der Waals surface area contributed by atoms with Crippen LogP contribution in [0, 0.1) is 0 Å². The first kappa shape index (κ1) is 14.4. The normalized spacial score (nSPS) is 10.9. The van der Waals surface area contributed by atoms with Crippen LogP contribution in [0.15, 0.2) is 18.3 Å². The van der Waals surface area contributed by atoms with Gasteiger partial charge in [-0.2, -0.15) is 0 Å². The van der Waals surface area contributed by atoms with E-state index in [1.54, 1.807) is 13.3 Å². The highest BCUT2D eigenvalue weighted by Crippen LogP contribution is 2.17. The number of pyridine rings is 1. The van der Waals surface area contributed by atoms with E-state index in [0.717, 1.165) is 5.56 Å². The van der Waals surface area contributed by atoms with Crippen molar-refractivity contribution in [2.75, 3.05) is 13.7 Å². The molecule has 0 fully saturated rings. The average molecular weight is 252 g/mol. The van der Waals surface area contributed by atoms with Crippen molar-refractivity contribution >= 4 is 5.97 Å². The minimum Gasteiger partial charge on any atom is -0.481 e. The van der Waals surface area contributed by atoms with E-state index >= 15 is 0 Å². The summed E-state index contributed by atoms with van der Waals surface area (Å²) in [6, 6.07) is 4.07. The third-order valence-corrected chi connectivity index (χ3v) is 2.76. The maximum atomic E-state index is 10.6. The fourth-order valence-electron chi connectivity index (χ4n) is 1.71. The Balaban J connectivity index is 2.73. The van der Waals surface area contributed by atoms with E-state index in [0.29, 0.717) is 19.0 Å². The van der Waals surface area contributed by atoms with E-state index in [1.807, 2.05) is 26.0 Å². The molecule has 18 heavy (non-hydrogen) atoms. The van der Waals surface area contributed by atoms with E-state index in [4.69, 9.17) is 9.84 Å². The molecule has 0 saturated carbocycles. The average Bonchev–Trinajstić information content (AvgIpc) is 2.34. The van der Waals surface area contributed by atoms with Crippen LogP contribution in [0.25, 0.3) is 0 Å². The summed E-state index contributed by atoms with van der Waals surface area (Å²) in [6.45, 7) is 5.25. The third-order valence-electron chi connectivity index (χ3n) is 2.76. The van der Waals surface area contributed by atoms with Crippen molar-refractivity contribution in [2.45, 2.75) is 32.9 Å². The molecule has 0 aliphatic carbocycles. The highest BCUT2D eigenvalue weighted by molar-refractivity contribution is 5.66. The number of aliphatic carboxylic acids is 1. The van der Waals surface area contributed by atoms with Gasteiger partial charge in [-0.15, -0.1) is 0 Å². The molecule has 0 unspecified atom stereocenters. The summed E-state index contributed by atoms with van der Waals surface area (Å²) in [5.74, 6) is -0.183. The van der Waals surface area contributed by atoms with E-state index in [-0.39, 0.29) is 12.5 Å². The van der Waals surface area contributed by atoms with Gasteiger partial charge in [0.15, 0.2) is 0 Å². The second-order valence-corrected chi connectivity index (χ2v) is 4.38. The maximum absolute atomic E-state index is 10.6. The summed E-state index contributed by atoms with van der Waals surface area (Å²) < 4.78 is 5.20. The van der Waals surface area contributed by atoms with Crippen molar-refractivity contribution in [3.05, 3.63) is 23.9 Å². The van der Waals surface area contributed by atoms with Crippen LogP contribution in [-0.4, -0.2) is 40.7 Å². The van der Waals surface area contributed by atoms with Crippen LogP contribution in [0.4, 0.5) is 0 Å². The van der Waals surface area contributed by atoms with Gasteiger partial charge >= 0.3 is 5.97 Å². The van der Waals surface area contributed by atoms with Gasteiger partial charge in [0.25, 0.3) is 0 Å². The monoisotopic (exact) mass is 252 g/mol. The van der Waals surface area contributed by atoms with Crippen molar-refractivity contribution in [1.82, 2.24) is 9.88 Å².